The summed E-state index contributed by atoms with van der Waals surface area (Å²) in [6, 6.07) is 3.86. The van der Waals surface area contributed by atoms with E-state index in [9.17, 15) is 13.2 Å². The maximum Gasteiger partial charge on any atom is 0.417 e. The summed E-state index contributed by atoms with van der Waals surface area (Å²) in [7, 11) is 1.60. The van der Waals surface area contributed by atoms with Gasteiger partial charge < -0.3 is 18.4 Å². The molecule has 4 rings (SSSR count). The fraction of sp³-hybridized carbons (Fsp3) is 0.250. The topological polar surface area (TPSA) is 74.7 Å². The Labute approximate surface area is 200 Å². The molecular weight excluding hydrogens is 508 g/mol. The van der Waals surface area contributed by atoms with E-state index < -0.39 is 11.7 Å². The van der Waals surface area contributed by atoms with E-state index in [1.807, 2.05) is 0 Å². The first kappa shape index (κ1) is 23.6. The number of benzene rings is 1. The third-order valence-corrected chi connectivity index (χ3v) is 5.38. The molecule has 0 N–H and O–H groups in total. The first-order chi connectivity index (χ1) is 15.7. The van der Waals surface area contributed by atoms with Gasteiger partial charge in [-0.25, -0.2) is 4.98 Å². The lowest BCUT2D eigenvalue weighted by Gasteiger charge is -2.09. The number of methoxy groups -OCH3 is 1. The lowest BCUT2D eigenvalue weighted by Crippen LogP contribution is -2.06. The summed E-state index contributed by atoms with van der Waals surface area (Å²) < 4.78 is 56.1. The van der Waals surface area contributed by atoms with Crippen molar-refractivity contribution in [3.8, 4) is 28.7 Å². The van der Waals surface area contributed by atoms with Gasteiger partial charge in [-0.15, -0.1) is 0 Å². The molecule has 0 spiro atoms. The molecule has 7 nitrogen and oxygen atoms in total. The first-order valence-corrected chi connectivity index (χ1v) is 10.5. The molecule has 0 amide bonds. The summed E-state index contributed by atoms with van der Waals surface area (Å²) in [5, 5.41) is 4.26. The standard InChI is InChI=1S/C20H14Cl3F3N4O3/c1-31-3-2-4-32-16-7-12(21)11(6-13(16)22)17-28-19(33-29-17)15-9-30-8-10(20(24,25)26)5-14(23)18(30)27-15/h5-9H,2-4H2,1H3. The largest absolute Gasteiger partial charge is 0.492 e. The van der Waals surface area contributed by atoms with Gasteiger partial charge >= 0.3 is 6.18 Å². The van der Waals surface area contributed by atoms with Crippen molar-refractivity contribution in [1.29, 1.82) is 0 Å². The van der Waals surface area contributed by atoms with Gasteiger partial charge in [0.1, 0.15) is 11.4 Å². The van der Waals surface area contributed by atoms with Crippen LogP contribution >= 0.6 is 34.8 Å². The van der Waals surface area contributed by atoms with Crippen molar-refractivity contribution in [2.24, 2.45) is 0 Å². The molecule has 3 aromatic heterocycles. The fourth-order valence-corrected chi connectivity index (χ4v) is 3.66. The molecule has 33 heavy (non-hydrogen) atoms. The highest BCUT2D eigenvalue weighted by Gasteiger charge is 2.32. The minimum Gasteiger partial charge on any atom is -0.492 e. The highest BCUT2D eigenvalue weighted by molar-refractivity contribution is 6.36. The van der Waals surface area contributed by atoms with Gasteiger partial charge in [-0.05, 0) is 12.1 Å². The van der Waals surface area contributed by atoms with Crippen LogP contribution in [0.2, 0.25) is 15.1 Å². The molecule has 0 saturated heterocycles. The Balaban J connectivity index is 1.62. The predicted molar refractivity (Wildman–Crippen MR) is 116 cm³/mol. The molecule has 13 heteroatoms. The van der Waals surface area contributed by atoms with E-state index in [2.05, 4.69) is 15.1 Å². The third kappa shape index (κ3) is 5.03. The van der Waals surface area contributed by atoms with Crippen LogP contribution in [0.1, 0.15) is 12.0 Å². The van der Waals surface area contributed by atoms with E-state index in [1.54, 1.807) is 7.11 Å². The van der Waals surface area contributed by atoms with Crippen molar-refractivity contribution >= 4 is 40.4 Å². The summed E-state index contributed by atoms with van der Waals surface area (Å²) >= 11 is 18.6. The fourth-order valence-electron chi connectivity index (χ4n) is 2.95. The smallest absolute Gasteiger partial charge is 0.417 e. The molecule has 0 unspecified atom stereocenters. The second-order valence-electron chi connectivity index (χ2n) is 6.81. The van der Waals surface area contributed by atoms with Crippen molar-refractivity contribution in [3.63, 3.8) is 0 Å². The number of aromatic nitrogens is 4. The Hall–Kier alpha value is -2.53. The quantitative estimate of drug-likeness (QED) is 0.260. The van der Waals surface area contributed by atoms with Crippen LogP contribution in [0.3, 0.4) is 0 Å². The maximum absolute atomic E-state index is 13.0. The first-order valence-electron chi connectivity index (χ1n) is 9.38. The monoisotopic (exact) mass is 520 g/mol. The number of alkyl halides is 3. The maximum atomic E-state index is 13.0. The molecule has 1 aromatic carbocycles. The van der Waals surface area contributed by atoms with Gasteiger partial charge in [0.25, 0.3) is 5.89 Å². The van der Waals surface area contributed by atoms with Crippen molar-refractivity contribution < 1.29 is 27.2 Å². The van der Waals surface area contributed by atoms with Crippen LogP contribution in [0.5, 0.6) is 5.75 Å². The number of imidazole rings is 1. The zero-order valence-electron chi connectivity index (χ0n) is 16.8. The molecular formula is C20H14Cl3F3N4O3. The number of nitrogens with zero attached hydrogens (tertiary/aromatic N) is 4. The Morgan fingerprint density at radius 1 is 1.00 bits per heavy atom. The lowest BCUT2D eigenvalue weighted by molar-refractivity contribution is -0.137. The summed E-state index contributed by atoms with van der Waals surface area (Å²) in [4.78, 5) is 8.44. The molecule has 0 saturated carbocycles. The Kier molecular flexibility index (Phi) is 6.71. The van der Waals surface area contributed by atoms with Gasteiger partial charge in [0.15, 0.2) is 5.65 Å². The Morgan fingerprint density at radius 2 is 1.79 bits per heavy atom. The van der Waals surface area contributed by atoms with Crippen LogP contribution in [-0.2, 0) is 10.9 Å². The Bertz CT molecular complexity index is 1310. The van der Waals surface area contributed by atoms with Crippen molar-refractivity contribution in [2.75, 3.05) is 20.3 Å². The van der Waals surface area contributed by atoms with E-state index in [4.69, 9.17) is 48.8 Å². The van der Waals surface area contributed by atoms with E-state index in [1.165, 1.54) is 18.3 Å². The average molecular weight is 522 g/mol. The van der Waals surface area contributed by atoms with E-state index in [0.717, 1.165) is 16.7 Å². The van der Waals surface area contributed by atoms with Crippen LogP contribution in [0.25, 0.3) is 28.6 Å². The zero-order valence-corrected chi connectivity index (χ0v) is 19.1. The number of pyridine rings is 1. The molecule has 3 heterocycles. The number of hydrogen-bond donors (Lipinski definition) is 0. The number of rotatable bonds is 7. The third-order valence-electron chi connectivity index (χ3n) is 4.49. The zero-order chi connectivity index (χ0) is 23.8. The van der Waals surface area contributed by atoms with Gasteiger partial charge in [0, 0.05) is 44.2 Å². The van der Waals surface area contributed by atoms with E-state index in [0.29, 0.717) is 30.9 Å². The molecule has 0 radical (unpaired) electrons. The van der Waals surface area contributed by atoms with Crippen LogP contribution < -0.4 is 4.74 Å². The van der Waals surface area contributed by atoms with Gasteiger partial charge in [0.2, 0.25) is 5.82 Å². The lowest BCUT2D eigenvalue weighted by atomic mass is 10.2. The summed E-state index contributed by atoms with van der Waals surface area (Å²) in [6.45, 7) is 0.933. The van der Waals surface area contributed by atoms with Crippen LogP contribution in [0.15, 0.2) is 35.1 Å². The number of halogens is 6. The minimum atomic E-state index is -4.56. The highest BCUT2D eigenvalue weighted by Crippen LogP contribution is 2.37. The van der Waals surface area contributed by atoms with Gasteiger partial charge in [-0.1, -0.05) is 40.0 Å². The van der Waals surface area contributed by atoms with E-state index in [-0.39, 0.29) is 38.1 Å². The summed E-state index contributed by atoms with van der Waals surface area (Å²) in [5.41, 5.74) is -0.297. The number of fused-ring (bicyclic) bond motifs is 1. The van der Waals surface area contributed by atoms with Gasteiger partial charge in [-0.3, -0.25) is 0 Å². The average Bonchev–Trinajstić information content (AvgIpc) is 3.40. The van der Waals surface area contributed by atoms with Crippen molar-refractivity contribution in [3.05, 3.63) is 51.2 Å². The SMILES string of the molecule is COCCCOc1cc(Cl)c(-c2noc(-c3cn4cc(C(F)(F)F)cc(Cl)c4n3)n2)cc1Cl. The molecule has 0 aliphatic heterocycles. The molecule has 0 aliphatic rings. The van der Waals surface area contributed by atoms with Crippen LogP contribution in [0, 0.1) is 0 Å². The molecule has 0 aliphatic carbocycles. The molecule has 0 atom stereocenters. The summed E-state index contributed by atoms with van der Waals surface area (Å²) in [5.74, 6) is 0.466. The van der Waals surface area contributed by atoms with Crippen LogP contribution in [-0.4, -0.2) is 39.8 Å². The normalized spacial score (nSPS) is 12.0. The molecule has 0 fully saturated rings. The van der Waals surface area contributed by atoms with Gasteiger partial charge in [-0.2, -0.15) is 18.2 Å². The van der Waals surface area contributed by atoms with Crippen LogP contribution in [0.4, 0.5) is 13.2 Å². The minimum absolute atomic E-state index is 0.0367. The summed E-state index contributed by atoms with van der Waals surface area (Å²) in [6.07, 6.45) is -1.71. The molecule has 4 aromatic rings. The van der Waals surface area contributed by atoms with Crippen molar-refractivity contribution in [2.45, 2.75) is 12.6 Å². The number of ether oxygens (including phenoxy) is 2. The molecule has 0 bridgehead atoms. The molecule has 174 valence electrons. The van der Waals surface area contributed by atoms with Crippen molar-refractivity contribution in [1.82, 2.24) is 19.5 Å². The van der Waals surface area contributed by atoms with E-state index >= 15 is 0 Å². The Morgan fingerprint density at radius 3 is 2.52 bits per heavy atom. The predicted octanol–water partition coefficient (Wildman–Crippen LogP) is 6.45. The second-order valence-corrected chi connectivity index (χ2v) is 8.03. The van der Waals surface area contributed by atoms with Gasteiger partial charge in [0.05, 0.1) is 27.2 Å². The highest BCUT2D eigenvalue weighted by atomic mass is 35.5. The number of hydrogen-bond acceptors (Lipinski definition) is 6. The second kappa shape index (κ2) is 9.38.